The highest BCUT2D eigenvalue weighted by molar-refractivity contribution is 5.73. The van der Waals surface area contributed by atoms with Gasteiger partial charge in [-0.15, -0.1) is 0 Å². The summed E-state index contributed by atoms with van der Waals surface area (Å²) in [7, 11) is 0. The van der Waals surface area contributed by atoms with Crippen molar-refractivity contribution in [3.63, 3.8) is 0 Å². The van der Waals surface area contributed by atoms with Crippen molar-refractivity contribution < 1.29 is 4.39 Å². The number of hydrogen-bond acceptors (Lipinski definition) is 3. The molecule has 2 rings (SSSR count). The van der Waals surface area contributed by atoms with E-state index in [2.05, 4.69) is 23.8 Å². The lowest BCUT2D eigenvalue weighted by molar-refractivity contribution is 0.529. The van der Waals surface area contributed by atoms with Crippen molar-refractivity contribution >= 4 is 17.2 Å². The molecule has 1 aromatic carbocycles. The van der Waals surface area contributed by atoms with Crippen LogP contribution in [0.2, 0.25) is 0 Å². The van der Waals surface area contributed by atoms with Crippen LogP contribution in [0.3, 0.4) is 0 Å². The van der Waals surface area contributed by atoms with Crippen molar-refractivity contribution in [2.75, 3.05) is 17.2 Å². The fraction of sp³-hybridized carbons (Fsp3) is 0.400. The summed E-state index contributed by atoms with van der Waals surface area (Å²) in [4.78, 5) is 2.05. The third-order valence-corrected chi connectivity index (χ3v) is 3.30. The zero-order chi connectivity index (χ0) is 14.9. The van der Waals surface area contributed by atoms with Crippen molar-refractivity contribution in [2.45, 2.75) is 33.7 Å². The molecule has 0 radical (unpaired) electrons. The van der Waals surface area contributed by atoms with Crippen molar-refractivity contribution in [3.8, 4) is 0 Å². The molecule has 0 amide bonds. The standard InChI is InChI=1S/C15H21FN4/c1-5-19(13-8-6-12(16)7-9-13)15-14(17)11(4)18-20(15)10(2)3/h6-10H,5,17H2,1-4H3. The van der Waals surface area contributed by atoms with E-state index < -0.39 is 0 Å². The van der Waals surface area contributed by atoms with Crippen LogP contribution in [0.25, 0.3) is 0 Å². The van der Waals surface area contributed by atoms with Gasteiger partial charge in [-0.2, -0.15) is 5.10 Å². The number of nitrogens with zero attached hydrogens (tertiary/aromatic N) is 3. The molecule has 5 heteroatoms. The molecular weight excluding hydrogens is 255 g/mol. The molecule has 4 nitrogen and oxygen atoms in total. The highest BCUT2D eigenvalue weighted by atomic mass is 19.1. The minimum absolute atomic E-state index is 0.204. The highest BCUT2D eigenvalue weighted by Gasteiger charge is 2.20. The van der Waals surface area contributed by atoms with Crippen LogP contribution < -0.4 is 10.6 Å². The number of anilines is 3. The molecule has 2 N–H and O–H groups in total. The minimum Gasteiger partial charge on any atom is -0.394 e. The maximum absolute atomic E-state index is 13.1. The first-order valence-corrected chi connectivity index (χ1v) is 6.83. The van der Waals surface area contributed by atoms with E-state index in [0.29, 0.717) is 5.69 Å². The smallest absolute Gasteiger partial charge is 0.155 e. The number of benzene rings is 1. The second-order valence-corrected chi connectivity index (χ2v) is 5.08. The Morgan fingerprint density at radius 1 is 1.30 bits per heavy atom. The zero-order valence-corrected chi connectivity index (χ0v) is 12.4. The molecule has 108 valence electrons. The Kier molecular flexibility index (Phi) is 3.97. The number of aromatic nitrogens is 2. The zero-order valence-electron chi connectivity index (χ0n) is 12.4. The van der Waals surface area contributed by atoms with Gasteiger partial charge in [-0.3, -0.25) is 0 Å². The Labute approximate surface area is 119 Å². The summed E-state index contributed by atoms with van der Waals surface area (Å²) in [6.07, 6.45) is 0. The van der Waals surface area contributed by atoms with E-state index in [0.717, 1.165) is 23.7 Å². The lowest BCUT2D eigenvalue weighted by atomic mass is 10.2. The maximum Gasteiger partial charge on any atom is 0.155 e. The monoisotopic (exact) mass is 276 g/mol. The van der Waals surface area contributed by atoms with E-state index in [-0.39, 0.29) is 11.9 Å². The number of nitrogens with two attached hydrogens (primary N) is 1. The third kappa shape index (κ3) is 2.48. The average Bonchev–Trinajstić information content (AvgIpc) is 2.70. The van der Waals surface area contributed by atoms with Crippen molar-refractivity contribution in [3.05, 3.63) is 35.8 Å². The SMILES string of the molecule is CCN(c1ccc(F)cc1)c1c(N)c(C)nn1C(C)C. The van der Waals surface area contributed by atoms with Gasteiger partial charge in [0.1, 0.15) is 5.82 Å². The van der Waals surface area contributed by atoms with Crippen LogP contribution in [0.1, 0.15) is 32.5 Å². The number of nitrogen functional groups attached to an aromatic ring is 1. The lowest BCUT2D eigenvalue weighted by Crippen LogP contribution is -2.22. The number of hydrogen-bond donors (Lipinski definition) is 1. The van der Waals surface area contributed by atoms with Gasteiger partial charge in [0.2, 0.25) is 0 Å². The summed E-state index contributed by atoms with van der Waals surface area (Å²) in [6, 6.07) is 6.63. The first-order valence-electron chi connectivity index (χ1n) is 6.83. The highest BCUT2D eigenvalue weighted by Crippen LogP contribution is 2.34. The largest absolute Gasteiger partial charge is 0.394 e. The van der Waals surface area contributed by atoms with E-state index in [9.17, 15) is 4.39 Å². The topological polar surface area (TPSA) is 47.1 Å². The molecule has 0 aliphatic rings. The van der Waals surface area contributed by atoms with E-state index in [1.54, 1.807) is 12.1 Å². The second-order valence-electron chi connectivity index (χ2n) is 5.08. The Morgan fingerprint density at radius 3 is 2.40 bits per heavy atom. The van der Waals surface area contributed by atoms with E-state index >= 15 is 0 Å². The fourth-order valence-corrected chi connectivity index (χ4v) is 2.25. The fourth-order valence-electron chi connectivity index (χ4n) is 2.25. The van der Waals surface area contributed by atoms with Crippen LogP contribution in [0, 0.1) is 12.7 Å². The van der Waals surface area contributed by atoms with Crippen LogP contribution in [0.4, 0.5) is 21.6 Å². The number of aryl methyl sites for hydroxylation is 1. The van der Waals surface area contributed by atoms with Gasteiger partial charge in [0.05, 0.1) is 11.4 Å². The summed E-state index contributed by atoms with van der Waals surface area (Å²) in [5.74, 6) is 0.623. The molecule has 0 atom stereocenters. The molecule has 0 aliphatic heterocycles. The normalized spacial score (nSPS) is 11.1. The van der Waals surface area contributed by atoms with Crippen molar-refractivity contribution in [1.82, 2.24) is 9.78 Å². The molecule has 0 spiro atoms. The maximum atomic E-state index is 13.1. The van der Waals surface area contributed by atoms with Gasteiger partial charge < -0.3 is 10.6 Å². The Morgan fingerprint density at radius 2 is 1.90 bits per heavy atom. The first-order chi connectivity index (χ1) is 9.45. The molecular formula is C15H21FN4. The molecule has 0 saturated heterocycles. The van der Waals surface area contributed by atoms with Gasteiger partial charge in [0, 0.05) is 18.3 Å². The second kappa shape index (κ2) is 5.53. The molecule has 1 heterocycles. The van der Waals surface area contributed by atoms with E-state index in [1.165, 1.54) is 12.1 Å². The van der Waals surface area contributed by atoms with Crippen LogP contribution >= 0.6 is 0 Å². The molecule has 0 saturated carbocycles. The van der Waals surface area contributed by atoms with Gasteiger partial charge in [-0.25, -0.2) is 9.07 Å². The van der Waals surface area contributed by atoms with E-state index in [4.69, 9.17) is 5.73 Å². The van der Waals surface area contributed by atoms with Crippen LogP contribution in [0.15, 0.2) is 24.3 Å². The quantitative estimate of drug-likeness (QED) is 0.927. The van der Waals surface area contributed by atoms with Crippen LogP contribution in [-0.4, -0.2) is 16.3 Å². The van der Waals surface area contributed by atoms with Crippen LogP contribution in [0.5, 0.6) is 0 Å². The predicted octanol–water partition coefficient (Wildman–Crippen LogP) is 3.65. The number of halogens is 1. The minimum atomic E-state index is -0.244. The van der Waals surface area contributed by atoms with Gasteiger partial charge >= 0.3 is 0 Å². The molecule has 0 aliphatic carbocycles. The summed E-state index contributed by atoms with van der Waals surface area (Å²) < 4.78 is 15.0. The molecule has 20 heavy (non-hydrogen) atoms. The van der Waals surface area contributed by atoms with Crippen molar-refractivity contribution in [2.24, 2.45) is 0 Å². The van der Waals surface area contributed by atoms with Crippen LogP contribution in [-0.2, 0) is 0 Å². The third-order valence-electron chi connectivity index (χ3n) is 3.30. The average molecular weight is 276 g/mol. The first kappa shape index (κ1) is 14.4. The molecule has 0 unspecified atom stereocenters. The molecule has 1 aromatic heterocycles. The molecule has 2 aromatic rings. The summed E-state index contributed by atoms with van der Waals surface area (Å²) in [5.41, 5.74) is 8.58. The molecule has 0 fully saturated rings. The van der Waals surface area contributed by atoms with Gasteiger partial charge in [-0.1, -0.05) is 0 Å². The van der Waals surface area contributed by atoms with Crippen molar-refractivity contribution in [1.29, 1.82) is 0 Å². The Bertz CT molecular complexity index is 587. The van der Waals surface area contributed by atoms with E-state index in [1.807, 2.05) is 18.5 Å². The predicted molar refractivity (Wildman–Crippen MR) is 80.8 cm³/mol. The Balaban J connectivity index is 2.54. The number of rotatable bonds is 4. The summed E-state index contributed by atoms with van der Waals surface area (Å²) in [6.45, 7) is 8.79. The van der Waals surface area contributed by atoms with Gasteiger partial charge in [0.15, 0.2) is 5.82 Å². The van der Waals surface area contributed by atoms with Gasteiger partial charge in [-0.05, 0) is 52.0 Å². The van der Waals surface area contributed by atoms with Gasteiger partial charge in [0.25, 0.3) is 0 Å². The summed E-state index contributed by atoms with van der Waals surface area (Å²) in [5, 5.41) is 4.50. The summed E-state index contributed by atoms with van der Waals surface area (Å²) >= 11 is 0. The Hall–Kier alpha value is -2.04. The molecule has 0 bridgehead atoms. The lowest BCUT2D eigenvalue weighted by Gasteiger charge is -2.25.